The van der Waals surface area contributed by atoms with Crippen LogP contribution in [0.3, 0.4) is 0 Å². The van der Waals surface area contributed by atoms with Gasteiger partial charge in [-0.15, -0.1) is 0 Å². The van der Waals surface area contributed by atoms with Crippen LogP contribution in [-0.2, 0) is 0 Å². The predicted octanol–water partition coefficient (Wildman–Crippen LogP) is 2.12. The van der Waals surface area contributed by atoms with Gasteiger partial charge in [0.1, 0.15) is 5.82 Å². The third kappa shape index (κ3) is 3.57. The molecule has 1 aliphatic rings. The molecule has 0 bridgehead atoms. The molecule has 1 heterocycles. The Morgan fingerprint density at radius 3 is 2.65 bits per heavy atom. The number of nitrogens with zero attached hydrogens (tertiary/aromatic N) is 1. The fraction of sp³-hybridized carbons (Fsp3) is 0.250. The summed E-state index contributed by atoms with van der Waals surface area (Å²) in [7, 11) is 0. The number of anilines is 1. The summed E-state index contributed by atoms with van der Waals surface area (Å²) in [5, 5.41) is 4.45. The highest BCUT2D eigenvalue weighted by Crippen LogP contribution is 2.08. The highest BCUT2D eigenvalue weighted by Gasteiger charge is 2.09. The quantitative estimate of drug-likeness (QED) is 0.771. The number of rotatable bonds is 2. The third-order valence-electron chi connectivity index (χ3n) is 2.42. The molecule has 5 heteroatoms. The molecule has 1 aliphatic heterocycles. The average Bonchev–Trinajstić information content (AvgIpc) is 2.33. The lowest BCUT2D eigenvalue weighted by Gasteiger charge is -2.23. The highest BCUT2D eigenvalue weighted by molar-refractivity contribution is 5.88. The van der Waals surface area contributed by atoms with E-state index in [-0.39, 0.29) is 11.8 Å². The Hall–Kier alpha value is -1.88. The van der Waals surface area contributed by atoms with Gasteiger partial charge in [-0.25, -0.2) is 14.2 Å². The number of benzene rings is 1. The standard InChI is InChI=1S/C12H14FN3O/c13-10-4-6-11(7-5-10)14-12(17)15-16-8-2-1-3-9-16/h1-2,4-7H,3,8-9H2,(H2,14,15,17). The summed E-state index contributed by atoms with van der Waals surface area (Å²) < 4.78 is 12.7. The summed E-state index contributed by atoms with van der Waals surface area (Å²) in [6.45, 7) is 1.50. The van der Waals surface area contributed by atoms with Crippen molar-refractivity contribution in [2.45, 2.75) is 6.42 Å². The van der Waals surface area contributed by atoms with E-state index in [9.17, 15) is 9.18 Å². The van der Waals surface area contributed by atoms with Gasteiger partial charge >= 0.3 is 6.03 Å². The molecule has 0 aromatic heterocycles. The number of urea groups is 1. The molecule has 2 N–H and O–H groups in total. The molecular formula is C12H14FN3O. The maximum atomic E-state index is 12.7. The van der Waals surface area contributed by atoms with Crippen LogP contribution < -0.4 is 10.7 Å². The first kappa shape index (κ1) is 11.6. The SMILES string of the molecule is O=C(Nc1ccc(F)cc1)NN1CC=CCC1. The molecule has 2 amide bonds. The van der Waals surface area contributed by atoms with Crippen molar-refractivity contribution in [2.75, 3.05) is 18.4 Å². The Balaban J connectivity index is 1.84. The van der Waals surface area contributed by atoms with Gasteiger partial charge in [0.2, 0.25) is 0 Å². The van der Waals surface area contributed by atoms with E-state index in [4.69, 9.17) is 0 Å². The van der Waals surface area contributed by atoms with Crippen LogP contribution in [0.4, 0.5) is 14.9 Å². The van der Waals surface area contributed by atoms with Crippen molar-refractivity contribution >= 4 is 11.7 Å². The van der Waals surface area contributed by atoms with E-state index in [1.807, 2.05) is 11.1 Å². The van der Waals surface area contributed by atoms with Crippen LogP contribution in [0.5, 0.6) is 0 Å². The molecule has 1 aromatic rings. The van der Waals surface area contributed by atoms with Gasteiger partial charge in [-0.05, 0) is 30.7 Å². The van der Waals surface area contributed by atoms with E-state index in [1.165, 1.54) is 24.3 Å². The van der Waals surface area contributed by atoms with Crippen molar-refractivity contribution in [2.24, 2.45) is 0 Å². The maximum Gasteiger partial charge on any atom is 0.333 e. The lowest BCUT2D eigenvalue weighted by Crippen LogP contribution is -2.45. The molecule has 0 fully saturated rings. The van der Waals surface area contributed by atoms with Gasteiger partial charge in [0, 0.05) is 18.8 Å². The summed E-state index contributed by atoms with van der Waals surface area (Å²) in [6, 6.07) is 5.33. The summed E-state index contributed by atoms with van der Waals surface area (Å²) >= 11 is 0. The summed E-state index contributed by atoms with van der Waals surface area (Å²) in [6.07, 6.45) is 5.01. The normalized spacial score (nSPS) is 15.6. The van der Waals surface area contributed by atoms with E-state index in [0.717, 1.165) is 13.0 Å². The van der Waals surface area contributed by atoms with E-state index >= 15 is 0 Å². The lowest BCUT2D eigenvalue weighted by atomic mass is 10.3. The van der Waals surface area contributed by atoms with Gasteiger partial charge in [-0.1, -0.05) is 12.2 Å². The van der Waals surface area contributed by atoms with Gasteiger partial charge in [0.05, 0.1) is 0 Å². The largest absolute Gasteiger partial charge is 0.333 e. The van der Waals surface area contributed by atoms with Crippen molar-refractivity contribution in [3.05, 3.63) is 42.2 Å². The van der Waals surface area contributed by atoms with Gasteiger partial charge in [0.15, 0.2) is 0 Å². The highest BCUT2D eigenvalue weighted by atomic mass is 19.1. The zero-order valence-electron chi connectivity index (χ0n) is 9.32. The number of halogens is 1. The van der Waals surface area contributed by atoms with Crippen LogP contribution in [0.15, 0.2) is 36.4 Å². The minimum Gasteiger partial charge on any atom is -0.307 e. The zero-order chi connectivity index (χ0) is 12.1. The molecule has 0 aliphatic carbocycles. The van der Waals surface area contributed by atoms with Crippen molar-refractivity contribution in [1.29, 1.82) is 0 Å². The molecule has 0 saturated heterocycles. The first-order chi connectivity index (χ1) is 8.24. The van der Waals surface area contributed by atoms with Crippen molar-refractivity contribution in [1.82, 2.24) is 10.4 Å². The van der Waals surface area contributed by atoms with Crippen LogP contribution in [0, 0.1) is 5.82 Å². The van der Waals surface area contributed by atoms with E-state index in [2.05, 4.69) is 16.8 Å². The number of hydrogen-bond acceptors (Lipinski definition) is 2. The minimum absolute atomic E-state index is 0.313. The van der Waals surface area contributed by atoms with Crippen molar-refractivity contribution in [3.63, 3.8) is 0 Å². The maximum absolute atomic E-state index is 12.7. The molecule has 17 heavy (non-hydrogen) atoms. The number of amides is 2. The van der Waals surface area contributed by atoms with E-state index < -0.39 is 0 Å². The number of carbonyl (C=O) groups is 1. The molecule has 0 radical (unpaired) electrons. The van der Waals surface area contributed by atoms with Gasteiger partial charge in [0.25, 0.3) is 0 Å². The molecule has 0 saturated carbocycles. The molecule has 90 valence electrons. The Morgan fingerprint density at radius 1 is 1.24 bits per heavy atom. The minimum atomic E-state index is -0.322. The molecule has 1 aromatic carbocycles. The van der Waals surface area contributed by atoms with Crippen molar-refractivity contribution in [3.8, 4) is 0 Å². The first-order valence-corrected chi connectivity index (χ1v) is 5.47. The number of hydrazine groups is 1. The topological polar surface area (TPSA) is 44.4 Å². The fourth-order valence-electron chi connectivity index (χ4n) is 1.58. The van der Waals surface area contributed by atoms with E-state index in [1.54, 1.807) is 0 Å². The molecule has 4 nitrogen and oxygen atoms in total. The molecule has 0 unspecified atom stereocenters. The fourth-order valence-corrected chi connectivity index (χ4v) is 1.58. The second kappa shape index (κ2) is 5.45. The summed E-state index contributed by atoms with van der Waals surface area (Å²) in [5.74, 6) is -0.322. The molecule has 0 spiro atoms. The Kier molecular flexibility index (Phi) is 3.72. The van der Waals surface area contributed by atoms with Crippen LogP contribution in [0.2, 0.25) is 0 Å². The van der Waals surface area contributed by atoms with Crippen LogP contribution in [0.1, 0.15) is 6.42 Å². The van der Waals surface area contributed by atoms with Gasteiger partial charge in [-0.2, -0.15) is 0 Å². The number of nitrogens with one attached hydrogen (secondary N) is 2. The number of hydrogen-bond donors (Lipinski definition) is 2. The second-order valence-electron chi connectivity index (χ2n) is 3.78. The number of carbonyl (C=O) groups excluding carboxylic acids is 1. The predicted molar refractivity (Wildman–Crippen MR) is 63.9 cm³/mol. The monoisotopic (exact) mass is 235 g/mol. The molecule has 0 atom stereocenters. The first-order valence-electron chi connectivity index (χ1n) is 5.47. The van der Waals surface area contributed by atoms with Gasteiger partial charge < -0.3 is 5.32 Å². The van der Waals surface area contributed by atoms with Crippen LogP contribution >= 0.6 is 0 Å². The lowest BCUT2D eigenvalue weighted by molar-refractivity contribution is 0.196. The smallest absolute Gasteiger partial charge is 0.307 e. The summed E-state index contributed by atoms with van der Waals surface area (Å²) in [5.41, 5.74) is 3.29. The average molecular weight is 235 g/mol. The molecular weight excluding hydrogens is 221 g/mol. The Labute approximate surface area is 99.1 Å². The van der Waals surface area contributed by atoms with Crippen molar-refractivity contribution < 1.29 is 9.18 Å². The zero-order valence-corrected chi connectivity index (χ0v) is 9.32. The van der Waals surface area contributed by atoms with Crippen LogP contribution in [0.25, 0.3) is 0 Å². The summed E-state index contributed by atoms with van der Waals surface area (Å²) in [4.78, 5) is 11.6. The Morgan fingerprint density at radius 2 is 2.00 bits per heavy atom. The third-order valence-corrected chi connectivity index (χ3v) is 2.42. The molecule has 2 rings (SSSR count). The van der Waals surface area contributed by atoms with Crippen LogP contribution in [-0.4, -0.2) is 24.1 Å². The Bertz CT molecular complexity index is 416. The van der Waals surface area contributed by atoms with Gasteiger partial charge in [-0.3, -0.25) is 5.43 Å². The van der Waals surface area contributed by atoms with E-state index in [0.29, 0.717) is 12.2 Å². The second-order valence-corrected chi connectivity index (χ2v) is 3.78.